The Morgan fingerprint density at radius 3 is 0.676 bits per heavy atom. The van der Waals surface area contributed by atoms with Gasteiger partial charge >= 0.3 is 70.6 Å². The molecule has 0 saturated carbocycles. The zero-order valence-corrected chi connectivity index (χ0v) is 39.9. The quantitative estimate of drug-likeness (QED) is 0.0555. The van der Waals surface area contributed by atoms with Crippen molar-refractivity contribution in [2.45, 2.75) is 62.3 Å². The van der Waals surface area contributed by atoms with E-state index >= 15 is 0 Å². The molecule has 0 aliphatic rings. The zero-order chi connectivity index (χ0) is 56.0. The zero-order valence-electron chi connectivity index (χ0n) is 36.1. The van der Waals surface area contributed by atoms with Crippen molar-refractivity contribution in [3.63, 3.8) is 0 Å². The van der Waals surface area contributed by atoms with Crippen LogP contribution in [0.15, 0.2) is 122 Å². The van der Waals surface area contributed by atoms with Crippen molar-refractivity contribution in [3.8, 4) is 0 Å². The molecule has 2 heterocycles. The van der Waals surface area contributed by atoms with Gasteiger partial charge in [-0.2, -0.15) is 127 Å². The predicted octanol–water partition coefficient (Wildman–Crippen LogP) is 12.6. The maximum Gasteiger partial charge on any atom is 0.416 e. The van der Waals surface area contributed by atoms with Crippen molar-refractivity contribution >= 4 is 50.7 Å². The van der Waals surface area contributed by atoms with E-state index in [1.165, 1.54) is 9.75 Å². The highest BCUT2D eigenvalue weighted by Gasteiger charge is 2.47. The van der Waals surface area contributed by atoms with E-state index in [4.69, 9.17) is 0 Å². The molecule has 0 bridgehead atoms. The first-order valence-electron chi connectivity index (χ1n) is 20.0. The number of thiophene rings is 2. The summed E-state index contributed by atoms with van der Waals surface area (Å²) >= 11 is 3.89. The highest BCUT2D eigenvalue weighted by molar-refractivity contribution is 7.20. The van der Waals surface area contributed by atoms with Crippen LogP contribution >= 0.6 is 22.7 Å². The highest BCUT2D eigenvalue weighted by Crippen LogP contribution is 2.41. The molecular formula is C46H26BF24IS2. The second kappa shape index (κ2) is 21.1. The molecule has 74 heavy (non-hydrogen) atoms. The number of allylic oxidation sites excluding steroid dienone is 2. The molecule has 400 valence electrons. The normalized spacial score (nSPS) is 13.4. The van der Waals surface area contributed by atoms with Crippen LogP contribution in [-0.4, -0.2) is 6.15 Å². The molecule has 6 rings (SSSR count). The SMILES string of the molecule is C=CCc1ccc([I+]c2ccc(CC=C)s2)s1.FC(F)(F)c1cc([B-](c2cc(C(F)(F)F)cc(C(F)(F)F)c2)(c2cc(C(F)(F)F)cc(C(F)(F)F)c2)c2cc(C(F)(F)F)cc(C(F)(F)F)c2)cc(C(F)(F)F)c1. The third kappa shape index (κ3) is 14.2. The lowest BCUT2D eigenvalue weighted by atomic mass is 9.12. The third-order valence-corrected chi connectivity index (χ3v) is 16.5. The van der Waals surface area contributed by atoms with E-state index in [0.29, 0.717) is 0 Å². The maximum atomic E-state index is 14.2. The van der Waals surface area contributed by atoms with Crippen LogP contribution in [0.5, 0.6) is 0 Å². The van der Waals surface area contributed by atoms with Gasteiger partial charge in [0.15, 0.2) is 0 Å². The summed E-state index contributed by atoms with van der Waals surface area (Å²) in [5.41, 5.74) is -30.2. The fourth-order valence-electron chi connectivity index (χ4n) is 7.47. The number of benzene rings is 4. The Morgan fingerprint density at radius 1 is 0.324 bits per heavy atom. The van der Waals surface area contributed by atoms with Crippen LogP contribution < -0.4 is 43.1 Å². The lowest BCUT2D eigenvalue weighted by Crippen LogP contribution is -3.61. The van der Waals surface area contributed by atoms with Gasteiger partial charge in [0, 0.05) is 21.9 Å². The van der Waals surface area contributed by atoms with Crippen LogP contribution in [0.25, 0.3) is 0 Å². The lowest BCUT2D eigenvalue weighted by molar-refractivity contribution is -0.585. The van der Waals surface area contributed by atoms with E-state index in [1.54, 1.807) is 5.77 Å². The van der Waals surface area contributed by atoms with Crippen LogP contribution in [0.4, 0.5) is 105 Å². The van der Waals surface area contributed by atoms with Crippen molar-refractivity contribution in [3.05, 3.63) is 182 Å². The van der Waals surface area contributed by atoms with Gasteiger partial charge in [-0.1, -0.05) is 83.4 Å². The number of hydrogen-bond donors (Lipinski definition) is 0. The van der Waals surface area contributed by atoms with Crippen molar-refractivity contribution in [1.29, 1.82) is 0 Å². The summed E-state index contributed by atoms with van der Waals surface area (Å²) in [5.74, 6) is 0. The Hall–Kier alpha value is -5.13. The summed E-state index contributed by atoms with van der Waals surface area (Å²) in [6, 6.07) is 0.224. The Bertz CT molecular complexity index is 2490. The largest absolute Gasteiger partial charge is 0.416 e. The molecule has 2 aromatic heterocycles. The second-order valence-corrected chi connectivity index (χ2v) is 22.4. The fourth-order valence-corrected chi connectivity index (χ4v) is 14.0. The minimum absolute atomic E-state index is 0.0160. The van der Waals surface area contributed by atoms with Gasteiger partial charge in [0.05, 0.1) is 44.5 Å². The number of rotatable bonds is 10. The van der Waals surface area contributed by atoms with Crippen molar-refractivity contribution in [2.75, 3.05) is 0 Å². The van der Waals surface area contributed by atoms with E-state index in [2.05, 4.69) is 37.4 Å². The van der Waals surface area contributed by atoms with Gasteiger partial charge in [0.1, 0.15) is 6.15 Å². The van der Waals surface area contributed by atoms with Crippen LogP contribution in [0.3, 0.4) is 0 Å². The summed E-state index contributed by atoms with van der Waals surface area (Å²) in [5, 5.41) is 0. The standard InChI is InChI=1S/C32H12BF24.C14H14IS2/c34-25(35,36)13-1-14(26(37,38)39)6-21(5-13)33(22-7-15(27(40,41)42)2-16(8-22)28(43,44)45,23-9-17(29(46,47)48)3-18(10-23)30(49,50)51)24-11-19(31(52,53)54)4-20(12-24)32(55,56)57;1-3-5-11-7-9-13(16-11)15-14-10-8-12(17-14)6-4-2/h1-12H;3-4,7-10H,1-2,5-6H2/q-1;+1. The van der Waals surface area contributed by atoms with Gasteiger partial charge in [-0.05, 0) is 49.2 Å². The van der Waals surface area contributed by atoms with Crippen LogP contribution in [0.1, 0.15) is 54.3 Å². The molecule has 0 N–H and O–H groups in total. The summed E-state index contributed by atoms with van der Waals surface area (Å²) in [4.78, 5) is 2.86. The predicted molar refractivity (Wildman–Crippen MR) is 224 cm³/mol. The van der Waals surface area contributed by atoms with Crippen LogP contribution in [0.2, 0.25) is 0 Å². The molecule has 0 radical (unpaired) electrons. The molecule has 28 heteroatoms. The van der Waals surface area contributed by atoms with Gasteiger partial charge in [-0.25, -0.2) is 0 Å². The summed E-state index contributed by atoms with van der Waals surface area (Å²) < 4.78 is 344. The van der Waals surface area contributed by atoms with E-state index < -0.39 is 195 Å². The number of alkyl halides is 24. The average molecular weight is 1240 g/mol. The molecule has 0 saturated heterocycles. The maximum absolute atomic E-state index is 14.2. The first-order chi connectivity index (χ1) is 33.6. The van der Waals surface area contributed by atoms with Crippen molar-refractivity contribution in [2.24, 2.45) is 0 Å². The van der Waals surface area contributed by atoms with Gasteiger partial charge in [0.2, 0.25) is 5.77 Å². The van der Waals surface area contributed by atoms with Crippen molar-refractivity contribution in [1.82, 2.24) is 0 Å². The van der Waals surface area contributed by atoms with Crippen LogP contribution in [-0.2, 0) is 62.3 Å². The minimum atomic E-state index is -6.13. The molecule has 0 aliphatic carbocycles. The third-order valence-electron chi connectivity index (χ3n) is 10.6. The summed E-state index contributed by atoms with van der Waals surface area (Å²) in [6.07, 6.45) is -48.9. The summed E-state index contributed by atoms with van der Waals surface area (Å²) in [7, 11) is 0. The average Bonchev–Trinajstić information content (AvgIpc) is 3.90. The lowest BCUT2D eigenvalue weighted by Gasteiger charge is -2.46. The Labute approximate surface area is 420 Å². The van der Waals surface area contributed by atoms with E-state index in [-0.39, 0.29) is 21.2 Å². The molecule has 0 aliphatic heterocycles. The van der Waals surface area contributed by atoms with Gasteiger partial charge in [0.25, 0.3) is 0 Å². The van der Waals surface area contributed by atoms with Gasteiger partial charge < -0.3 is 0 Å². The Balaban J connectivity index is 0.000000500. The molecule has 0 atom stereocenters. The second-order valence-electron chi connectivity index (χ2n) is 15.7. The minimum Gasteiger partial charge on any atom is -0.194 e. The number of hydrogen-bond acceptors (Lipinski definition) is 2. The topological polar surface area (TPSA) is 0 Å². The molecule has 0 spiro atoms. The summed E-state index contributed by atoms with van der Waals surface area (Å²) in [6.45, 7) is 7.56. The molecule has 0 unspecified atom stereocenters. The van der Waals surface area contributed by atoms with E-state index in [9.17, 15) is 105 Å². The molecule has 0 fully saturated rings. The van der Waals surface area contributed by atoms with Gasteiger partial charge in [-0.15, -0.1) is 13.2 Å². The van der Waals surface area contributed by atoms with Gasteiger partial charge in [-0.3, -0.25) is 0 Å². The van der Waals surface area contributed by atoms with Crippen LogP contribution in [0, 0.1) is 5.77 Å². The fraction of sp³-hybridized carbons (Fsp3) is 0.217. The number of halogens is 25. The molecule has 6 aromatic rings. The van der Waals surface area contributed by atoms with E-state index in [0.717, 1.165) is 12.8 Å². The first-order valence-corrected chi connectivity index (χ1v) is 23.8. The molecule has 0 nitrogen and oxygen atoms in total. The van der Waals surface area contributed by atoms with E-state index in [1.807, 2.05) is 34.8 Å². The molecule has 4 aromatic carbocycles. The smallest absolute Gasteiger partial charge is 0.194 e. The van der Waals surface area contributed by atoms with Crippen molar-refractivity contribution < 1.29 is 127 Å². The molecular weight excluding hydrogens is 1210 g/mol. The Morgan fingerprint density at radius 2 is 0.514 bits per heavy atom. The monoisotopic (exact) mass is 1240 g/mol. The highest BCUT2D eigenvalue weighted by atomic mass is 127. The Kier molecular flexibility index (Phi) is 17.1. The molecule has 0 amide bonds. The first kappa shape index (κ1) is 59.7.